The van der Waals surface area contributed by atoms with E-state index in [-0.39, 0.29) is 12.5 Å². The molecule has 6 nitrogen and oxygen atoms in total. The summed E-state index contributed by atoms with van der Waals surface area (Å²) < 4.78 is 1.88. The van der Waals surface area contributed by atoms with Gasteiger partial charge >= 0.3 is 0 Å². The molecular weight excluding hydrogens is 424 g/mol. The van der Waals surface area contributed by atoms with Crippen LogP contribution in [0.15, 0.2) is 85.3 Å². The average molecular weight is 447 g/mol. The zero-order valence-corrected chi connectivity index (χ0v) is 18.3. The lowest BCUT2D eigenvalue weighted by Crippen LogP contribution is -2.31. The molecule has 0 saturated carbocycles. The maximum Gasteiger partial charge on any atom is 0.253 e. The lowest BCUT2D eigenvalue weighted by atomic mass is 10.1. The maximum absolute atomic E-state index is 13.0. The number of carbonyl (C=O) groups excluding carboxylic acids is 1. The van der Waals surface area contributed by atoms with E-state index >= 15 is 0 Å². The highest BCUT2D eigenvalue weighted by Crippen LogP contribution is 2.22. The van der Waals surface area contributed by atoms with Gasteiger partial charge in [-0.05, 0) is 48.4 Å². The van der Waals surface area contributed by atoms with Gasteiger partial charge in [-0.2, -0.15) is 0 Å². The molecule has 3 N–H and O–H groups in total. The molecule has 1 amide bonds. The largest absolute Gasteiger partial charge is 0.394 e. The summed E-state index contributed by atoms with van der Waals surface area (Å²) >= 11 is 6.05. The van der Waals surface area contributed by atoms with Crippen LogP contribution in [0.25, 0.3) is 5.69 Å². The summed E-state index contributed by atoms with van der Waals surface area (Å²) in [4.78, 5) is 17.3. The van der Waals surface area contributed by atoms with E-state index in [0.29, 0.717) is 16.4 Å². The van der Waals surface area contributed by atoms with Crippen molar-refractivity contribution in [2.75, 3.05) is 11.9 Å². The van der Waals surface area contributed by atoms with Gasteiger partial charge in [0.05, 0.1) is 23.9 Å². The van der Waals surface area contributed by atoms with Gasteiger partial charge in [0.25, 0.3) is 5.91 Å². The van der Waals surface area contributed by atoms with E-state index in [9.17, 15) is 9.90 Å². The Labute approximate surface area is 191 Å². The molecule has 162 valence electrons. The van der Waals surface area contributed by atoms with E-state index in [2.05, 4.69) is 15.6 Å². The van der Waals surface area contributed by atoms with Gasteiger partial charge in [0.15, 0.2) is 0 Å². The monoisotopic (exact) mass is 446 g/mol. The number of anilines is 2. The number of hydrogen-bond donors (Lipinski definition) is 3. The number of pyridine rings is 1. The molecule has 2 heterocycles. The van der Waals surface area contributed by atoms with Crippen molar-refractivity contribution in [3.05, 3.63) is 107 Å². The third-order valence-corrected chi connectivity index (χ3v) is 5.33. The van der Waals surface area contributed by atoms with Gasteiger partial charge in [0, 0.05) is 35.4 Å². The molecule has 0 unspecified atom stereocenters. The number of aliphatic hydroxyl groups is 1. The zero-order valence-electron chi connectivity index (χ0n) is 17.5. The number of carbonyl (C=O) groups is 1. The summed E-state index contributed by atoms with van der Waals surface area (Å²) in [5.41, 5.74) is 3.90. The molecular formula is C25H23ClN4O2. The van der Waals surface area contributed by atoms with Crippen molar-refractivity contribution in [1.82, 2.24) is 14.9 Å². The molecule has 1 atom stereocenters. The third kappa shape index (κ3) is 4.99. The van der Waals surface area contributed by atoms with Crippen LogP contribution in [0.1, 0.15) is 27.5 Å². The number of aromatic nitrogens is 2. The smallest absolute Gasteiger partial charge is 0.253 e. The third-order valence-electron chi connectivity index (χ3n) is 5.10. The highest BCUT2D eigenvalue weighted by molar-refractivity contribution is 6.30. The minimum Gasteiger partial charge on any atom is -0.394 e. The number of hydrogen-bond acceptors (Lipinski definition) is 4. The zero-order chi connectivity index (χ0) is 22.5. The van der Waals surface area contributed by atoms with Crippen LogP contribution in [0, 0.1) is 6.92 Å². The van der Waals surface area contributed by atoms with E-state index < -0.39 is 6.04 Å². The van der Waals surface area contributed by atoms with Crippen molar-refractivity contribution in [1.29, 1.82) is 0 Å². The number of nitrogens with one attached hydrogen (secondary N) is 2. The van der Waals surface area contributed by atoms with Crippen LogP contribution in [-0.4, -0.2) is 27.2 Å². The van der Waals surface area contributed by atoms with Crippen LogP contribution in [0.3, 0.4) is 0 Å². The Morgan fingerprint density at radius 3 is 2.66 bits per heavy atom. The van der Waals surface area contributed by atoms with Gasteiger partial charge in [0.2, 0.25) is 0 Å². The molecule has 4 aromatic rings. The standard InChI is InChI=1S/C25H23ClN4O2/c1-17-14-30(21-10-11-27-24(13-21)28-20-8-3-2-4-9-20)15-22(17)25(32)29-23(16-31)18-6-5-7-19(26)12-18/h2-15,23,31H,16H2,1H3,(H,27,28)(H,29,32)/t23-/m1/s1. The van der Waals surface area contributed by atoms with Gasteiger partial charge in [-0.15, -0.1) is 0 Å². The lowest BCUT2D eigenvalue weighted by Gasteiger charge is -2.17. The first-order valence-corrected chi connectivity index (χ1v) is 10.6. The van der Waals surface area contributed by atoms with Gasteiger partial charge in [-0.1, -0.05) is 41.9 Å². The molecule has 0 saturated heterocycles. The van der Waals surface area contributed by atoms with Gasteiger partial charge in [0.1, 0.15) is 5.82 Å². The van der Waals surface area contributed by atoms with Crippen molar-refractivity contribution in [3.63, 3.8) is 0 Å². The lowest BCUT2D eigenvalue weighted by molar-refractivity contribution is 0.0915. The fourth-order valence-corrected chi connectivity index (χ4v) is 3.65. The molecule has 0 bridgehead atoms. The predicted molar refractivity (Wildman–Crippen MR) is 127 cm³/mol. The SMILES string of the molecule is Cc1cn(-c2ccnc(Nc3ccccc3)c2)cc1C(=O)N[C@H](CO)c1cccc(Cl)c1. The first-order chi connectivity index (χ1) is 15.5. The minimum absolute atomic E-state index is 0.231. The minimum atomic E-state index is -0.549. The Morgan fingerprint density at radius 2 is 1.91 bits per heavy atom. The normalized spacial score (nSPS) is 11.7. The Morgan fingerprint density at radius 1 is 1.09 bits per heavy atom. The second-order valence-corrected chi connectivity index (χ2v) is 7.85. The van der Waals surface area contributed by atoms with Gasteiger partial charge in [-0.25, -0.2) is 4.98 Å². The summed E-state index contributed by atoms with van der Waals surface area (Å²) in [6.45, 7) is 1.65. The van der Waals surface area contributed by atoms with Gasteiger partial charge < -0.3 is 20.3 Å². The van der Waals surface area contributed by atoms with E-state index in [1.807, 2.05) is 66.2 Å². The Kier molecular flexibility index (Phi) is 6.54. The molecule has 0 aliphatic heterocycles. The molecule has 0 aliphatic carbocycles. The Bertz CT molecular complexity index is 1220. The Balaban J connectivity index is 1.53. The van der Waals surface area contributed by atoms with Crippen LogP contribution in [0.4, 0.5) is 11.5 Å². The van der Waals surface area contributed by atoms with Crippen molar-refractivity contribution in [3.8, 4) is 5.69 Å². The number of halogens is 1. The van der Waals surface area contributed by atoms with Crippen molar-refractivity contribution in [2.24, 2.45) is 0 Å². The number of amides is 1. The highest BCUT2D eigenvalue weighted by atomic mass is 35.5. The number of rotatable bonds is 7. The first-order valence-electron chi connectivity index (χ1n) is 10.2. The quantitative estimate of drug-likeness (QED) is 0.371. The fourth-order valence-electron chi connectivity index (χ4n) is 3.45. The predicted octanol–water partition coefficient (Wildman–Crippen LogP) is 5.04. The maximum atomic E-state index is 13.0. The van der Waals surface area contributed by atoms with E-state index in [1.165, 1.54) is 0 Å². The fraction of sp³-hybridized carbons (Fsp3) is 0.120. The summed E-state index contributed by atoms with van der Waals surface area (Å²) in [5, 5.41) is 16.5. The van der Waals surface area contributed by atoms with E-state index in [4.69, 9.17) is 11.6 Å². The average Bonchev–Trinajstić information content (AvgIpc) is 3.20. The second-order valence-electron chi connectivity index (χ2n) is 7.42. The summed E-state index contributed by atoms with van der Waals surface area (Å²) in [6, 6.07) is 20.1. The molecule has 7 heteroatoms. The summed E-state index contributed by atoms with van der Waals surface area (Å²) in [7, 11) is 0. The van der Waals surface area contributed by atoms with Crippen LogP contribution in [0.5, 0.6) is 0 Å². The number of aliphatic hydroxyl groups excluding tert-OH is 1. The first kappa shape index (κ1) is 21.6. The number of para-hydroxylation sites is 1. The number of aryl methyl sites for hydroxylation is 1. The van der Waals surface area contributed by atoms with Crippen molar-refractivity contribution >= 4 is 29.0 Å². The molecule has 0 fully saturated rings. The van der Waals surface area contributed by atoms with Crippen LogP contribution >= 0.6 is 11.6 Å². The van der Waals surface area contributed by atoms with Crippen molar-refractivity contribution < 1.29 is 9.90 Å². The molecule has 0 radical (unpaired) electrons. The molecule has 32 heavy (non-hydrogen) atoms. The van der Waals surface area contributed by atoms with Crippen LogP contribution in [0.2, 0.25) is 5.02 Å². The molecule has 2 aromatic heterocycles. The molecule has 0 spiro atoms. The van der Waals surface area contributed by atoms with Crippen LogP contribution in [-0.2, 0) is 0 Å². The number of nitrogens with zero attached hydrogens (tertiary/aromatic N) is 2. The second kappa shape index (κ2) is 9.68. The summed E-state index contributed by atoms with van der Waals surface area (Å²) in [5.74, 6) is 0.435. The summed E-state index contributed by atoms with van der Waals surface area (Å²) in [6.07, 6.45) is 5.39. The number of benzene rings is 2. The topological polar surface area (TPSA) is 79.2 Å². The van der Waals surface area contributed by atoms with Crippen molar-refractivity contribution in [2.45, 2.75) is 13.0 Å². The van der Waals surface area contributed by atoms with Gasteiger partial charge in [-0.3, -0.25) is 4.79 Å². The molecule has 2 aromatic carbocycles. The van der Waals surface area contributed by atoms with E-state index in [1.54, 1.807) is 30.6 Å². The Hall–Kier alpha value is -3.61. The van der Waals surface area contributed by atoms with Crippen LogP contribution < -0.4 is 10.6 Å². The van der Waals surface area contributed by atoms with E-state index in [0.717, 1.165) is 22.5 Å². The highest BCUT2D eigenvalue weighted by Gasteiger charge is 2.18. The molecule has 4 rings (SSSR count). The molecule has 0 aliphatic rings.